The van der Waals surface area contributed by atoms with Crippen molar-refractivity contribution in [3.63, 3.8) is 0 Å². The minimum atomic E-state index is -4.01. The number of hydrogen-bond donors (Lipinski definition) is 0. The molecule has 2 aromatic carbocycles. The van der Waals surface area contributed by atoms with Gasteiger partial charge >= 0.3 is 10.1 Å². The maximum Gasteiger partial charge on any atom is 0.339 e. The molecule has 0 saturated carbocycles. The minimum absolute atomic E-state index is 0.0158. The number of imide groups is 1. The van der Waals surface area contributed by atoms with Gasteiger partial charge in [0.05, 0.1) is 12.0 Å². The van der Waals surface area contributed by atoms with E-state index in [2.05, 4.69) is 0 Å². The number of ether oxygens (including phenoxy) is 1. The van der Waals surface area contributed by atoms with Crippen molar-refractivity contribution in [1.29, 1.82) is 0 Å². The molecular formula is C18H15NO6S2. The zero-order chi connectivity index (χ0) is 19.6. The van der Waals surface area contributed by atoms with E-state index in [0.29, 0.717) is 5.56 Å². The topological polar surface area (TPSA) is 90.0 Å². The third-order valence-corrected chi connectivity index (χ3v) is 5.91. The summed E-state index contributed by atoms with van der Waals surface area (Å²) in [4.78, 5) is 24.9. The third-order valence-electron chi connectivity index (χ3n) is 3.70. The van der Waals surface area contributed by atoms with Crippen LogP contribution < -0.4 is 8.92 Å². The number of rotatable bonds is 5. The van der Waals surface area contributed by atoms with Crippen LogP contribution >= 0.6 is 11.8 Å². The van der Waals surface area contributed by atoms with Crippen LogP contribution in [0.4, 0.5) is 4.79 Å². The normalized spacial score (nSPS) is 16.1. The highest BCUT2D eigenvalue weighted by Gasteiger charge is 2.31. The van der Waals surface area contributed by atoms with Crippen molar-refractivity contribution in [1.82, 2.24) is 4.90 Å². The number of carbonyl (C=O) groups excluding carboxylic acids is 2. The van der Waals surface area contributed by atoms with Gasteiger partial charge in [0.15, 0.2) is 11.5 Å². The molecule has 3 rings (SSSR count). The first-order valence-corrected chi connectivity index (χ1v) is 9.93. The fourth-order valence-electron chi connectivity index (χ4n) is 2.29. The summed E-state index contributed by atoms with van der Waals surface area (Å²) in [6, 6.07) is 12.3. The SMILES string of the molecule is COc1cc(/C=C2\SC(=O)N(C)C2=O)ccc1OS(=O)(=O)c1ccccc1. The Morgan fingerprint density at radius 2 is 1.74 bits per heavy atom. The van der Waals surface area contributed by atoms with Crippen molar-refractivity contribution in [2.75, 3.05) is 14.2 Å². The van der Waals surface area contributed by atoms with E-state index >= 15 is 0 Å². The maximum atomic E-state index is 12.4. The second kappa shape index (κ2) is 7.45. The lowest BCUT2D eigenvalue weighted by Crippen LogP contribution is -2.22. The first-order valence-electron chi connectivity index (χ1n) is 7.71. The summed E-state index contributed by atoms with van der Waals surface area (Å²) in [5, 5.41) is -0.355. The van der Waals surface area contributed by atoms with E-state index < -0.39 is 16.0 Å². The van der Waals surface area contributed by atoms with Crippen molar-refractivity contribution >= 4 is 39.1 Å². The van der Waals surface area contributed by atoms with Gasteiger partial charge in [-0.3, -0.25) is 14.5 Å². The van der Waals surface area contributed by atoms with Crippen molar-refractivity contribution in [3.05, 3.63) is 59.0 Å². The van der Waals surface area contributed by atoms with Crippen molar-refractivity contribution in [3.8, 4) is 11.5 Å². The highest BCUT2D eigenvalue weighted by atomic mass is 32.2. The summed E-state index contributed by atoms with van der Waals surface area (Å²) in [5.41, 5.74) is 0.565. The Morgan fingerprint density at radius 1 is 1.04 bits per heavy atom. The number of thioether (sulfide) groups is 1. The average Bonchev–Trinajstić information content (AvgIpc) is 2.90. The second-order valence-electron chi connectivity index (χ2n) is 5.50. The van der Waals surface area contributed by atoms with Crippen LogP contribution in [0.25, 0.3) is 6.08 Å². The van der Waals surface area contributed by atoms with E-state index in [-0.39, 0.29) is 26.5 Å². The van der Waals surface area contributed by atoms with Gasteiger partial charge < -0.3 is 8.92 Å². The third kappa shape index (κ3) is 3.99. The van der Waals surface area contributed by atoms with Crippen molar-refractivity contribution < 1.29 is 26.9 Å². The Balaban J connectivity index is 1.90. The van der Waals surface area contributed by atoms with Crippen LogP contribution in [0.15, 0.2) is 58.3 Å². The van der Waals surface area contributed by atoms with Gasteiger partial charge in [0, 0.05) is 7.05 Å². The summed E-state index contributed by atoms with van der Waals surface area (Å²) in [5.74, 6) is -0.197. The number of amides is 2. The summed E-state index contributed by atoms with van der Waals surface area (Å²) in [7, 11) is -1.23. The molecule has 0 spiro atoms. The summed E-state index contributed by atoms with van der Waals surface area (Å²) >= 11 is 0.832. The van der Waals surface area contributed by atoms with E-state index in [1.54, 1.807) is 24.3 Å². The highest BCUT2D eigenvalue weighted by Crippen LogP contribution is 2.34. The molecule has 0 unspecified atom stereocenters. The molecule has 27 heavy (non-hydrogen) atoms. The van der Waals surface area contributed by atoms with Crippen LogP contribution in [0, 0.1) is 0 Å². The largest absolute Gasteiger partial charge is 0.493 e. The minimum Gasteiger partial charge on any atom is -0.493 e. The fraction of sp³-hybridized carbons (Fsp3) is 0.111. The molecule has 0 atom stereocenters. The van der Waals surface area contributed by atoms with Gasteiger partial charge in [-0.2, -0.15) is 8.42 Å². The molecular weight excluding hydrogens is 390 g/mol. The van der Waals surface area contributed by atoms with Gasteiger partial charge in [-0.1, -0.05) is 24.3 Å². The fourth-order valence-corrected chi connectivity index (χ4v) is 4.08. The van der Waals surface area contributed by atoms with E-state index in [1.165, 1.54) is 44.5 Å². The Hall–Kier alpha value is -2.78. The van der Waals surface area contributed by atoms with E-state index in [4.69, 9.17) is 8.92 Å². The Labute approximate surface area is 160 Å². The van der Waals surface area contributed by atoms with Crippen LogP contribution in [-0.4, -0.2) is 38.6 Å². The first-order chi connectivity index (χ1) is 12.8. The van der Waals surface area contributed by atoms with Gasteiger partial charge in [0.2, 0.25) is 0 Å². The Kier molecular flexibility index (Phi) is 5.24. The number of nitrogens with zero attached hydrogens (tertiary/aromatic N) is 1. The quantitative estimate of drug-likeness (QED) is 0.558. The molecule has 0 N–H and O–H groups in total. The molecule has 7 nitrogen and oxygen atoms in total. The van der Waals surface area contributed by atoms with Crippen LogP contribution in [0.2, 0.25) is 0 Å². The number of carbonyl (C=O) groups is 2. The lowest BCUT2D eigenvalue weighted by molar-refractivity contribution is -0.121. The van der Waals surface area contributed by atoms with Crippen LogP contribution in [-0.2, 0) is 14.9 Å². The summed E-state index contributed by atoms with van der Waals surface area (Å²) in [6.07, 6.45) is 1.53. The molecule has 2 aromatic rings. The van der Waals surface area contributed by atoms with E-state index in [1.807, 2.05) is 0 Å². The molecule has 140 valence electrons. The second-order valence-corrected chi connectivity index (χ2v) is 8.04. The molecule has 2 amide bonds. The molecule has 1 aliphatic heterocycles. The lowest BCUT2D eigenvalue weighted by Gasteiger charge is -2.11. The Morgan fingerprint density at radius 3 is 2.33 bits per heavy atom. The first kappa shape index (κ1) is 19.0. The molecule has 0 aromatic heterocycles. The molecule has 0 radical (unpaired) electrons. The average molecular weight is 405 g/mol. The van der Waals surface area contributed by atoms with Gasteiger partial charge in [-0.15, -0.1) is 0 Å². The number of benzene rings is 2. The number of hydrogen-bond acceptors (Lipinski definition) is 7. The van der Waals surface area contributed by atoms with Gasteiger partial charge in [0.25, 0.3) is 11.1 Å². The molecule has 1 saturated heterocycles. The zero-order valence-electron chi connectivity index (χ0n) is 14.4. The molecule has 0 bridgehead atoms. The lowest BCUT2D eigenvalue weighted by atomic mass is 10.2. The summed E-state index contributed by atoms with van der Waals surface area (Å²) < 4.78 is 35.1. The molecule has 1 heterocycles. The van der Waals surface area contributed by atoms with Crippen molar-refractivity contribution in [2.24, 2.45) is 0 Å². The molecule has 0 aliphatic carbocycles. The van der Waals surface area contributed by atoms with Gasteiger partial charge in [-0.05, 0) is 47.7 Å². The van der Waals surface area contributed by atoms with Crippen LogP contribution in [0.1, 0.15) is 5.56 Å². The molecule has 9 heteroatoms. The monoisotopic (exact) mass is 405 g/mol. The van der Waals surface area contributed by atoms with Crippen LogP contribution in [0.3, 0.4) is 0 Å². The van der Waals surface area contributed by atoms with Gasteiger partial charge in [-0.25, -0.2) is 0 Å². The summed E-state index contributed by atoms with van der Waals surface area (Å²) in [6.45, 7) is 0. The smallest absolute Gasteiger partial charge is 0.339 e. The maximum absolute atomic E-state index is 12.4. The predicted molar refractivity (Wildman–Crippen MR) is 101 cm³/mol. The molecule has 1 aliphatic rings. The highest BCUT2D eigenvalue weighted by molar-refractivity contribution is 8.18. The van der Waals surface area contributed by atoms with E-state index in [0.717, 1.165) is 16.7 Å². The standard InChI is InChI=1S/C18H15NO6S2/c1-19-17(20)16(26-18(19)21)11-12-8-9-14(15(10-12)24-2)25-27(22,23)13-6-4-3-5-7-13/h3-11H,1-2H3/b16-11-. The molecule has 1 fully saturated rings. The van der Waals surface area contributed by atoms with E-state index in [9.17, 15) is 18.0 Å². The number of methoxy groups -OCH3 is 1. The Bertz CT molecular complexity index is 1030. The van der Waals surface area contributed by atoms with Gasteiger partial charge in [0.1, 0.15) is 4.90 Å². The van der Waals surface area contributed by atoms with Crippen molar-refractivity contribution in [2.45, 2.75) is 4.90 Å². The zero-order valence-corrected chi connectivity index (χ0v) is 16.0. The van der Waals surface area contributed by atoms with Crippen LogP contribution in [0.5, 0.6) is 11.5 Å². The number of likely N-dealkylation sites (N-methyl/N-ethyl adjacent to an activating group) is 1. The predicted octanol–water partition coefficient (Wildman–Crippen LogP) is 3.13.